The van der Waals surface area contributed by atoms with Crippen molar-refractivity contribution in [1.82, 2.24) is 14.8 Å². The molecule has 4 aliphatic rings. The molecule has 43 heavy (non-hydrogen) atoms. The van der Waals surface area contributed by atoms with Crippen LogP contribution >= 0.6 is 0 Å². The summed E-state index contributed by atoms with van der Waals surface area (Å²) in [6, 6.07) is 5.64. The van der Waals surface area contributed by atoms with E-state index in [1.807, 2.05) is 0 Å². The van der Waals surface area contributed by atoms with Crippen LogP contribution in [0, 0.1) is 0 Å². The van der Waals surface area contributed by atoms with Crippen LogP contribution in [0.25, 0.3) is 0 Å². The number of aliphatic hydroxyl groups is 1. The number of hydrogen-bond donors (Lipinski definition) is 4. The summed E-state index contributed by atoms with van der Waals surface area (Å²) in [6.45, 7) is 5.98. The van der Waals surface area contributed by atoms with E-state index in [0.29, 0.717) is 66.7 Å². The first-order valence-corrected chi connectivity index (χ1v) is 14.8. The number of benzene rings is 1. The second kappa shape index (κ2) is 12.9. The third kappa shape index (κ3) is 6.43. The van der Waals surface area contributed by atoms with Crippen molar-refractivity contribution in [3.8, 4) is 11.5 Å². The molecule has 2 fully saturated rings. The van der Waals surface area contributed by atoms with Crippen LogP contribution in [0.5, 0.6) is 11.5 Å². The number of methoxy groups -OCH3 is 1. The van der Waals surface area contributed by atoms with Gasteiger partial charge >= 0.3 is 6.18 Å². The molecule has 5 heterocycles. The van der Waals surface area contributed by atoms with Crippen molar-refractivity contribution in [2.75, 3.05) is 95.4 Å². The molecule has 0 aliphatic carbocycles. The molecular formula is C29H39F3N6O5. The number of nitrogens with one attached hydrogen (secondary N) is 3. The van der Waals surface area contributed by atoms with E-state index >= 15 is 0 Å². The monoisotopic (exact) mass is 608 g/mol. The Kier molecular flexibility index (Phi) is 9.00. The second-order valence-electron chi connectivity index (χ2n) is 11.2. The highest BCUT2D eigenvalue weighted by atomic mass is 19.4. The zero-order valence-electron chi connectivity index (χ0n) is 24.2. The van der Waals surface area contributed by atoms with Crippen molar-refractivity contribution in [2.24, 2.45) is 0 Å². The molecule has 1 aromatic heterocycles. The predicted molar refractivity (Wildman–Crippen MR) is 155 cm³/mol. The van der Waals surface area contributed by atoms with Gasteiger partial charge < -0.3 is 40.0 Å². The van der Waals surface area contributed by atoms with Crippen molar-refractivity contribution < 1.29 is 37.2 Å². The second-order valence-corrected chi connectivity index (χ2v) is 11.2. The van der Waals surface area contributed by atoms with Gasteiger partial charge in [0.05, 0.1) is 25.5 Å². The van der Waals surface area contributed by atoms with Crippen molar-refractivity contribution in [3.05, 3.63) is 29.3 Å². The maximum absolute atomic E-state index is 13.8. The minimum atomic E-state index is -4.41. The minimum Gasteiger partial charge on any atom is -0.486 e. The lowest BCUT2D eigenvalue weighted by Crippen LogP contribution is -2.49. The number of aliphatic hydroxyl groups excluding tert-OH is 1. The van der Waals surface area contributed by atoms with E-state index in [-0.39, 0.29) is 17.9 Å². The van der Waals surface area contributed by atoms with E-state index < -0.39 is 18.3 Å². The summed E-state index contributed by atoms with van der Waals surface area (Å²) in [5, 5.41) is 20.5. The smallest absolute Gasteiger partial charge is 0.397 e. The van der Waals surface area contributed by atoms with Crippen LogP contribution in [0.2, 0.25) is 0 Å². The van der Waals surface area contributed by atoms with Gasteiger partial charge in [0.1, 0.15) is 37.0 Å². The summed E-state index contributed by atoms with van der Waals surface area (Å²) in [6.07, 6.45) is -3.35. The van der Waals surface area contributed by atoms with E-state index in [1.54, 1.807) is 18.2 Å². The number of aromatic nitrogens is 1. The third-order valence-electron chi connectivity index (χ3n) is 8.56. The van der Waals surface area contributed by atoms with Crippen LogP contribution in [0.1, 0.15) is 36.1 Å². The molecule has 4 N–H and O–H groups in total. The fourth-order valence-electron chi connectivity index (χ4n) is 6.35. The van der Waals surface area contributed by atoms with Gasteiger partial charge in [0, 0.05) is 75.3 Å². The lowest BCUT2D eigenvalue weighted by molar-refractivity contribution is -0.145. The number of hydrogen-bond acceptors (Lipinski definition) is 11. The molecule has 0 saturated carbocycles. The fraction of sp³-hybridized carbons (Fsp3) is 0.621. The van der Waals surface area contributed by atoms with Crippen LogP contribution in [0.15, 0.2) is 18.2 Å². The number of alkyl halides is 3. The Morgan fingerprint density at radius 3 is 2.53 bits per heavy atom. The zero-order valence-corrected chi connectivity index (χ0v) is 24.2. The highest BCUT2D eigenvalue weighted by molar-refractivity contribution is 5.76. The molecule has 2 atom stereocenters. The van der Waals surface area contributed by atoms with E-state index in [4.69, 9.17) is 18.9 Å². The quantitative estimate of drug-likeness (QED) is 0.314. The Labute approximate surface area is 248 Å². The van der Waals surface area contributed by atoms with Gasteiger partial charge in [-0.2, -0.15) is 13.2 Å². The molecule has 2 aromatic rings. The molecule has 0 amide bonds. The van der Waals surface area contributed by atoms with Gasteiger partial charge in [0.2, 0.25) is 0 Å². The normalized spacial score (nSPS) is 22.1. The number of piperidine rings is 1. The molecule has 0 radical (unpaired) electrons. The summed E-state index contributed by atoms with van der Waals surface area (Å²) in [5.74, 6) is -0.273. The fourth-order valence-corrected chi connectivity index (χ4v) is 6.35. The van der Waals surface area contributed by atoms with Crippen molar-refractivity contribution in [1.29, 1.82) is 0 Å². The zero-order chi connectivity index (χ0) is 30.0. The molecule has 6 rings (SSSR count). The van der Waals surface area contributed by atoms with Crippen molar-refractivity contribution in [3.63, 3.8) is 0 Å². The van der Waals surface area contributed by atoms with Crippen LogP contribution < -0.4 is 25.4 Å². The molecule has 236 valence electrons. The third-order valence-corrected chi connectivity index (χ3v) is 8.56. The van der Waals surface area contributed by atoms with Gasteiger partial charge in [-0.05, 0) is 25.0 Å². The van der Waals surface area contributed by atoms with E-state index in [0.717, 1.165) is 52.2 Å². The SMILES string of the molecule is COCCNc1cc(Nc2ccc(C(O)N3CCC(N4CCOCC4)CC3)c3c2OCCO3)nc2c1C(C(F)(F)F)CN2. The summed E-state index contributed by atoms with van der Waals surface area (Å²) in [4.78, 5) is 9.01. The molecule has 14 heteroatoms. The van der Waals surface area contributed by atoms with Gasteiger partial charge in [0.25, 0.3) is 0 Å². The Morgan fingerprint density at radius 2 is 1.81 bits per heavy atom. The predicted octanol–water partition coefficient (Wildman–Crippen LogP) is 3.51. The van der Waals surface area contributed by atoms with Gasteiger partial charge in [-0.15, -0.1) is 0 Å². The number of ether oxygens (including phenoxy) is 4. The molecule has 4 aliphatic heterocycles. The van der Waals surface area contributed by atoms with Crippen molar-refractivity contribution >= 4 is 23.0 Å². The van der Waals surface area contributed by atoms with Gasteiger partial charge in [-0.3, -0.25) is 9.80 Å². The number of anilines is 4. The highest BCUT2D eigenvalue weighted by Gasteiger charge is 2.46. The number of nitrogens with zero attached hydrogens (tertiary/aromatic N) is 3. The molecule has 2 unspecified atom stereocenters. The first kappa shape index (κ1) is 30.0. The number of likely N-dealkylation sites (tertiary alicyclic amines) is 1. The number of halogens is 3. The summed E-state index contributed by atoms with van der Waals surface area (Å²) < 4.78 is 64.0. The Hall–Kier alpha value is -3.04. The molecule has 11 nitrogen and oxygen atoms in total. The van der Waals surface area contributed by atoms with Crippen LogP contribution in [0.4, 0.5) is 36.2 Å². The largest absolute Gasteiger partial charge is 0.486 e. The van der Waals surface area contributed by atoms with Crippen LogP contribution in [-0.4, -0.2) is 112 Å². The van der Waals surface area contributed by atoms with Gasteiger partial charge in [-0.25, -0.2) is 4.98 Å². The van der Waals surface area contributed by atoms with Gasteiger partial charge in [0.15, 0.2) is 11.5 Å². The average Bonchev–Trinajstić information content (AvgIpc) is 3.47. The Morgan fingerprint density at radius 1 is 1.07 bits per heavy atom. The number of rotatable bonds is 9. The Balaban J connectivity index is 1.22. The highest BCUT2D eigenvalue weighted by Crippen LogP contribution is 2.48. The number of fused-ring (bicyclic) bond motifs is 2. The number of morpholine rings is 1. The summed E-state index contributed by atoms with van der Waals surface area (Å²) in [7, 11) is 1.53. The first-order valence-electron chi connectivity index (χ1n) is 14.8. The molecule has 1 aromatic carbocycles. The van der Waals surface area contributed by atoms with E-state index in [1.165, 1.54) is 7.11 Å². The molecule has 0 bridgehead atoms. The maximum Gasteiger partial charge on any atom is 0.397 e. The summed E-state index contributed by atoms with van der Waals surface area (Å²) >= 11 is 0. The Bertz CT molecular complexity index is 1270. The molecule has 0 spiro atoms. The topological polar surface area (TPSA) is 113 Å². The van der Waals surface area contributed by atoms with Crippen LogP contribution in [0.3, 0.4) is 0 Å². The number of pyridine rings is 1. The molecular weight excluding hydrogens is 569 g/mol. The van der Waals surface area contributed by atoms with E-state index in [2.05, 4.69) is 30.7 Å². The van der Waals surface area contributed by atoms with Crippen molar-refractivity contribution in [2.45, 2.75) is 37.2 Å². The average molecular weight is 609 g/mol. The van der Waals surface area contributed by atoms with Gasteiger partial charge in [-0.1, -0.05) is 0 Å². The lowest BCUT2D eigenvalue weighted by atomic mass is 10.0. The van der Waals surface area contributed by atoms with Crippen LogP contribution in [-0.2, 0) is 9.47 Å². The first-order chi connectivity index (χ1) is 20.8. The molecule has 2 saturated heterocycles. The van der Waals surface area contributed by atoms with E-state index in [9.17, 15) is 18.3 Å². The minimum absolute atomic E-state index is 0.0895. The standard InChI is InChI=1S/C29H39F3N6O5/c1-40-11-6-33-22-16-23(36-27-24(22)20(17-34-27)29(30,31)32)35-21-3-2-19(25-26(21)43-15-14-42-25)28(39)38-7-4-18(5-8-38)37-9-12-41-13-10-37/h2-3,16,18,20,28,39H,4-15,17H2,1H3,(H3,33,34,35,36). The maximum atomic E-state index is 13.8. The lowest BCUT2D eigenvalue weighted by Gasteiger charge is -2.41. The summed E-state index contributed by atoms with van der Waals surface area (Å²) in [5.41, 5.74) is 1.57.